The highest BCUT2D eigenvalue weighted by Crippen LogP contribution is 2.36. The number of rotatable bonds is 4. The Morgan fingerprint density at radius 3 is 2.53 bits per heavy atom. The predicted molar refractivity (Wildman–Crippen MR) is 132 cm³/mol. The number of aromatic nitrogens is 1. The number of carbonyl (C=O) groups is 3. The van der Waals surface area contributed by atoms with Crippen LogP contribution >= 0.6 is 0 Å². The number of para-hydroxylation sites is 1. The molecule has 10 nitrogen and oxygen atoms in total. The van der Waals surface area contributed by atoms with Crippen LogP contribution in [0.15, 0.2) is 42.5 Å². The molecule has 1 aromatic heterocycles. The number of nitrogens with one attached hydrogen (secondary N) is 2. The Bertz CT molecular complexity index is 1380. The number of ether oxygens (including phenoxy) is 3. The molecule has 2 aromatic carbocycles. The van der Waals surface area contributed by atoms with Crippen LogP contribution in [0.5, 0.6) is 17.2 Å². The lowest BCUT2D eigenvalue weighted by atomic mass is 9.96. The van der Waals surface area contributed by atoms with Crippen LogP contribution < -0.4 is 24.8 Å². The number of benzene rings is 2. The van der Waals surface area contributed by atoms with Gasteiger partial charge in [0, 0.05) is 50.0 Å². The summed E-state index contributed by atoms with van der Waals surface area (Å²) in [6, 6.07) is 12.1. The molecule has 36 heavy (non-hydrogen) atoms. The van der Waals surface area contributed by atoms with Crippen molar-refractivity contribution in [2.45, 2.75) is 25.5 Å². The van der Waals surface area contributed by atoms with Crippen LogP contribution in [-0.2, 0) is 4.79 Å². The summed E-state index contributed by atoms with van der Waals surface area (Å²) in [4.78, 5) is 43.8. The number of fused-ring (bicyclic) bond motifs is 2. The lowest BCUT2D eigenvalue weighted by molar-refractivity contribution is -0.114. The van der Waals surface area contributed by atoms with E-state index >= 15 is 0 Å². The van der Waals surface area contributed by atoms with Crippen molar-refractivity contribution >= 4 is 34.3 Å². The number of anilines is 1. The molecule has 3 aromatic rings. The van der Waals surface area contributed by atoms with Gasteiger partial charge in [0.2, 0.25) is 5.91 Å². The largest absolute Gasteiger partial charge is 0.496 e. The Kier molecular flexibility index (Phi) is 5.87. The molecule has 0 unspecified atom stereocenters. The van der Waals surface area contributed by atoms with Crippen LogP contribution in [0.25, 0.3) is 10.9 Å². The fraction of sp³-hybridized carbons (Fsp3) is 0.308. The van der Waals surface area contributed by atoms with Crippen LogP contribution in [0, 0.1) is 0 Å². The lowest BCUT2D eigenvalue weighted by Gasteiger charge is -2.44. The summed E-state index contributed by atoms with van der Waals surface area (Å²) in [6.45, 7) is 2.14. The van der Waals surface area contributed by atoms with Gasteiger partial charge in [-0.2, -0.15) is 0 Å². The van der Waals surface area contributed by atoms with E-state index in [0.717, 1.165) is 5.39 Å². The third-order valence-corrected chi connectivity index (χ3v) is 6.47. The number of methoxy groups -OCH3 is 2. The minimum atomic E-state index is -0.909. The van der Waals surface area contributed by atoms with Crippen LogP contribution in [0.1, 0.15) is 40.6 Å². The van der Waals surface area contributed by atoms with E-state index in [0.29, 0.717) is 59.9 Å². The highest BCUT2D eigenvalue weighted by Gasteiger charge is 2.43. The van der Waals surface area contributed by atoms with Crippen molar-refractivity contribution in [3.63, 3.8) is 0 Å². The average molecular weight is 491 g/mol. The van der Waals surface area contributed by atoms with Crippen LogP contribution in [-0.4, -0.2) is 60.6 Å². The van der Waals surface area contributed by atoms with Crippen molar-refractivity contribution in [1.29, 1.82) is 0 Å². The highest BCUT2D eigenvalue weighted by molar-refractivity contribution is 6.01. The van der Waals surface area contributed by atoms with Gasteiger partial charge < -0.3 is 29.7 Å². The molecule has 0 bridgehead atoms. The molecule has 2 aliphatic rings. The molecule has 0 radical (unpaired) electrons. The Labute approximate surface area is 207 Å². The van der Waals surface area contributed by atoms with Crippen LogP contribution in [0.4, 0.5) is 5.69 Å². The molecule has 0 aliphatic carbocycles. The molecule has 5 rings (SSSR count). The second kappa shape index (κ2) is 9.03. The van der Waals surface area contributed by atoms with Gasteiger partial charge in [0.05, 0.1) is 19.8 Å². The van der Waals surface area contributed by atoms with Gasteiger partial charge in [0.15, 0.2) is 5.72 Å². The fourth-order valence-electron chi connectivity index (χ4n) is 4.68. The standard InChI is InChI=1S/C26H26N4O6/c1-15(31)27-16-7-8-20-18(13-16)24(32)29-26(36-20)9-11-30(12-10-26)25(33)19-14-22(35-3)17-5-4-6-21(34-2)23(17)28-19/h4-8,13-14H,9-12H2,1-3H3,(H,27,31)(H,29,32). The molecule has 10 heteroatoms. The Morgan fingerprint density at radius 1 is 1.08 bits per heavy atom. The fourth-order valence-corrected chi connectivity index (χ4v) is 4.68. The number of pyridine rings is 1. The first-order chi connectivity index (χ1) is 17.3. The first kappa shape index (κ1) is 23.4. The second-order valence-electron chi connectivity index (χ2n) is 8.80. The number of nitrogens with zero attached hydrogens (tertiary/aromatic N) is 2. The predicted octanol–water partition coefficient (Wildman–Crippen LogP) is 2.97. The van der Waals surface area contributed by atoms with Gasteiger partial charge in [0.25, 0.3) is 11.8 Å². The summed E-state index contributed by atoms with van der Waals surface area (Å²) in [6.07, 6.45) is 0.816. The maximum atomic E-state index is 13.4. The molecule has 2 N–H and O–H groups in total. The molecular weight excluding hydrogens is 464 g/mol. The topological polar surface area (TPSA) is 119 Å². The number of hydrogen-bond acceptors (Lipinski definition) is 7. The van der Waals surface area contributed by atoms with E-state index < -0.39 is 5.72 Å². The summed E-state index contributed by atoms with van der Waals surface area (Å²) in [7, 11) is 3.10. The normalized spacial score (nSPS) is 16.1. The molecule has 0 saturated carbocycles. The molecule has 2 aliphatic heterocycles. The van der Waals surface area contributed by atoms with Gasteiger partial charge in [0.1, 0.15) is 28.5 Å². The van der Waals surface area contributed by atoms with Gasteiger partial charge in [-0.1, -0.05) is 6.07 Å². The molecular formula is C26H26N4O6. The SMILES string of the molecule is COc1cc(C(=O)N2CCC3(CC2)NC(=O)c2cc(NC(C)=O)ccc2O3)nc2c(OC)cccc12. The minimum absolute atomic E-state index is 0.224. The molecule has 0 atom stereocenters. The van der Waals surface area contributed by atoms with Crippen molar-refractivity contribution in [2.75, 3.05) is 32.6 Å². The van der Waals surface area contributed by atoms with E-state index in [1.165, 1.54) is 6.92 Å². The number of piperidine rings is 1. The summed E-state index contributed by atoms with van der Waals surface area (Å²) in [5, 5.41) is 6.38. The Morgan fingerprint density at radius 2 is 1.83 bits per heavy atom. The maximum absolute atomic E-state index is 13.4. The molecule has 3 heterocycles. The monoisotopic (exact) mass is 490 g/mol. The summed E-state index contributed by atoms with van der Waals surface area (Å²) in [5.41, 5.74) is 0.769. The van der Waals surface area contributed by atoms with Crippen molar-refractivity contribution in [2.24, 2.45) is 0 Å². The summed E-state index contributed by atoms with van der Waals surface area (Å²) in [5.74, 6) is 0.790. The maximum Gasteiger partial charge on any atom is 0.272 e. The van der Waals surface area contributed by atoms with Gasteiger partial charge >= 0.3 is 0 Å². The van der Waals surface area contributed by atoms with E-state index in [2.05, 4.69) is 15.6 Å². The summed E-state index contributed by atoms with van der Waals surface area (Å²) < 4.78 is 17.2. The smallest absolute Gasteiger partial charge is 0.272 e. The zero-order valence-corrected chi connectivity index (χ0v) is 20.2. The lowest BCUT2D eigenvalue weighted by Crippen LogP contribution is -2.61. The van der Waals surface area contributed by atoms with E-state index in [1.807, 2.05) is 12.1 Å². The van der Waals surface area contributed by atoms with Crippen molar-refractivity contribution in [3.05, 3.63) is 53.7 Å². The third kappa shape index (κ3) is 4.15. The Hall–Kier alpha value is -4.34. The molecule has 1 fully saturated rings. The number of amides is 3. The van der Waals surface area contributed by atoms with E-state index in [1.54, 1.807) is 49.5 Å². The van der Waals surface area contributed by atoms with Gasteiger partial charge in [-0.3, -0.25) is 14.4 Å². The minimum Gasteiger partial charge on any atom is -0.496 e. The number of carbonyl (C=O) groups excluding carboxylic acids is 3. The van der Waals surface area contributed by atoms with Gasteiger partial charge in [-0.25, -0.2) is 4.98 Å². The molecule has 1 spiro atoms. The van der Waals surface area contributed by atoms with Gasteiger partial charge in [-0.15, -0.1) is 0 Å². The van der Waals surface area contributed by atoms with Crippen molar-refractivity contribution in [3.8, 4) is 17.2 Å². The quantitative estimate of drug-likeness (QED) is 0.577. The zero-order chi connectivity index (χ0) is 25.4. The van der Waals surface area contributed by atoms with Crippen LogP contribution in [0.2, 0.25) is 0 Å². The van der Waals surface area contributed by atoms with Crippen molar-refractivity contribution < 1.29 is 28.6 Å². The van der Waals surface area contributed by atoms with E-state index in [-0.39, 0.29) is 23.4 Å². The van der Waals surface area contributed by atoms with Crippen molar-refractivity contribution in [1.82, 2.24) is 15.2 Å². The average Bonchev–Trinajstić information content (AvgIpc) is 2.87. The number of likely N-dealkylation sites (tertiary alicyclic amines) is 1. The molecule has 3 amide bonds. The van der Waals surface area contributed by atoms with E-state index in [9.17, 15) is 14.4 Å². The molecule has 186 valence electrons. The Balaban J connectivity index is 1.34. The zero-order valence-electron chi connectivity index (χ0n) is 20.2. The highest BCUT2D eigenvalue weighted by atomic mass is 16.5. The second-order valence-corrected chi connectivity index (χ2v) is 8.80. The number of hydrogen-bond donors (Lipinski definition) is 2. The van der Waals surface area contributed by atoms with Crippen LogP contribution in [0.3, 0.4) is 0 Å². The summed E-state index contributed by atoms with van der Waals surface area (Å²) >= 11 is 0. The van der Waals surface area contributed by atoms with Gasteiger partial charge in [-0.05, 0) is 30.3 Å². The first-order valence-electron chi connectivity index (χ1n) is 11.6. The van der Waals surface area contributed by atoms with E-state index in [4.69, 9.17) is 14.2 Å². The first-order valence-corrected chi connectivity index (χ1v) is 11.6. The third-order valence-electron chi connectivity index (χ3n) is 6.47. The molecule has 1 saturated heterocycles.